The third-order valence-corrected chi connectivity index (χ3v) is 2.94. The number of halogens is 1. The minimum absolute atomic E-state index is 0. The van der Waals surface area contributed by atoms with Gasteiger partial charge in [-0.3, -0.25) is 21.0 Å². The Hall–Kier alpha value is -2.80. The zero-order valence-corrected chi connectivity index (χ0v) is 13.0. The average molecular weight is 337 g/mol. The van der Waals surface area contributed by atoms with Crippen LogP contribution < -0.4 is 16.2 Å². The molecule has 0 aliphatic heterocycles. The van der Waals surface area contributed by atoms with Gasteiger partial charge in [-0.15, -0.1) is 12.4 Å². The summed E-state index contributed by atoms with van der Waals surface area (Å²) in [6.07, 6.45) is 0.594. The Balaban J connectivity index is 0.00000264. The molecular weight excluding hydrogens is 320 g/mol. The quantitative estimate of drug-likeness (QED) is 0.558. The molecule has 0 heterocycles. The topological polar surface area (TPSA) is 96.3 Å². The molecule has 2 amide bonds. The molecule has 23 heavy (non-hydrogen) atoms. The molecule has 122 valence electrons. The van der Waals surface area contributed by atoms with E-state index >= 15 is 0 Å². The van der Waals surface area contributed by atoms with Crippen LogP contribution in [0.15, 0.2) is 54.6 Å². The Morgan fingerprint density at radius 1 is 1.04 bits per heavy atom. The molecule has 0 aliphatic carbocycles. The first-order chi connectivity index (χ1) is 10.6. The predicted octanol–water partition coefficient (Wildman–Crippen LogP) is 2.89. The number of nitrogens with zero attached hydrogens (tertiary/aromatic N) is 1. The zero-order chi connectivity index (χ0) is 15.8. The van der Waals surface area contributed by atoms with E-state index < -0.39 is 4.92 Å². The lowest BCUT2D eigenvalue weighted by Crippen LogP contribution is -2.39. The highest BCUT2D eigenvalue weighted by Gasteiger charge is 2.04. The molecule has 0 saturated heterocycles. The monoisotopic (exact) mass is 336 g/mol. The van der Waals surface area contributed by atoms with Crippen LogP contribution in [0.1, 0.15) is 5.56 Å². The molecule has 0 fully saturated rings. The molecule has 0 spiro atoms. The lowest BCUT2D eigenvalue weighted by molar-refractivity contribution is -0.384. The number of carbonyl (C=O) groups excluding carboxylic acids is 1. The number of nitrogens with one attached hydrogen (secondary N) is 3. The summed E-state index contributed by atoms with van der Waals surface area (Å²) in [4.78, 5) is 21.7. The fraction of sp³-hybridized carbons (Fsp3) is 0.133. The summed E-state index contributed by atoms with van der Waals surface area (Å²) in [6.45, 7) is 0.431. The molecule has 0 unspecified atom stereocenters. The fourth-order valence-electron chi connectivity index (χ4n) is 1.80. The number of urea groups is 1. The maximum absolute atomic E-state index is 11.6. The predicted molar refractivity (Wildman–Crippen MR) is 90.6 cm³/mol. The third kappa shape index (κ3) is 6.23. The molecule has 0 aromatic heterocycles. The first-order valence-corrected chi connectivity index (χ1v) is 6.73. The van der Waals surface area contributed by atoms with Gasteiger partial charge in [-0.1, -0.05) is 30.3 Å². The highest BCUT2D eigenvalue weighted by atomic mass is 35.5. The number of benzene rings is 2. The number of hydrazine groups is 1. The van der Waals surface area contributed by atoms with Gasteiger partial charge >= 0.3 is 6.03 Å². The second kappa shape index (κ2) is 9.26. The Labute approximate surface area is 139 Å². The van der Waals surface area contributed by atoms with Crippen LogP contribution >= 0.6 is 12.4 Å². The first-order valence-electron chi connectivity index (χ1n) is 6.73. The molecule has 0 aliphatic rings. The molecule has 0 saturated carbocycles. The van der Waals surface area contributed by atoms with Gasteiger partial charge in [0.1, 0.15) is 0 Å². The van der Waals surface area contributed by atoms with E-state index in [9.17, 15) is 14.9 Å². The lowest BCUT2D eigenvalue weighted by Gasteiger charge is -2.09. The van der Waals surface area contributed by atoms with Crippen LogP contribution in [0.4, 0.5) is 16.2 Å². The minimum atomic E-state index is -0.440. The molecular formula is C15H17ClN4O3. The van der Waals surface area contributed by atoms with Crippen molar-refractivity contribution in [2.45, 2.75) is 6.42 Å². The van der Waals surface area contributed by atoms with E-state index in [4.69, 9.17) is 0 Å². The molecule has 0 atom stereocenters. The smallest absolute Gasteiger partial charge is 0.333 e. The maximum Gasteiger partial charge on any atom is 0.333 e. The molecule has 2 rings (SSSR count). The standard InChI is InChI=1S/C15H16N4O3.ClH/c20-15(18-17-13-4-2-1-3-5-13)16-11-10-12-6-8-14(9-7-12)19(21)22;/h1-9,17H,10-11H2,(H2,16,18,20);1H. The summed E-state index contributed by atoms with van der Waals surface area (Å²) in [5, 5.41) is 13.2. The Kier molecular flexibility index (Phi) is 7.35. The normalized spacial score (nSPS) is 9.39. The van der Waals surface area contributed by atoms with E-state index in [-0.39, 0.29) is 24.1 Å². The van der Waals surface area contributed by atoms with E-state index in [1.807, 2.05) is 30.3 Å². The van der Waals surface area contributed by atoms with Crippen LogP contribution in [-0.2, 0) is 6.42 Å². The molecule has 0 radical (unpaired) electrons. The molecule has 0 bridgehead atoms. The number of carbonyl (C=O) groups is 1. The highest BCUT2D eigenvalue weighted by Crippen LogP contribution is 2.11. The van der Waals surface area contributed by atoms with Crippen LogP contribution in [-0.4, -0.2) is 17.5 Å². The summed E-state index contributed by atoms with van der Waals surface area (Å²) < 4.78 is 0. The van der Waals surface area contributed by atoms with Gasteiger partial charge in [-0.25, -0.2) is 4.79 Å². The van der Waals surface area contributed by atoms with Gasteiger partial charge in [0.25, 0.3) is 5.69 Å². The summed E-state index contributed by atoms with van der Waals surface area (Å²) in [5.41, 5.74) is 7.06. The minimum Gasteiger partial charge on any atom is -0.336 e. The summed E-state index contributed by atoms with van der Waals surface area (Å²) in [7, 11) is 0. The SMILES string of the molecule is Cl.O=C(NCCc1ccc([N+](=O)[O-])cc1)NNc1ccccc1. The van der Waals surface area contributed by atoms with Crippen molar-refractivity contribution in [1.29, 1.82) is 0 Å². The van der Waals surface area contributed by atoms with Gasteiger partial charge < -0.3 is 5.32 Å². The van der Waals surface area contributed by atoms with E-state index in [1.54, 1.807) is 12.1 Å². The Bertz CT molecular complexity index is 635. The van der Waals surface area contributed by atoms with Gasteiger partial charge in [0, 0.05) is 18.7 Å². The number of para-hydroxylation sites is 1. The van der Waals surface area contributed by atoms with E-state index in [2.05, 4.69) is 16.2 Å². The number of nitro benzene ring substituents is 1. The van der Waals surface area contributed by atoms with Crippen LogP contribution in [0.3, 0.4) is 0 Å². The average Bonchev–Trinajstić information content (AvgIpc) is 2.54. The lowest BCUT2D eigenvalue weighted by atomic mass is 10.1. The molecule has 8 heteroatoms. The number of hydrogen-bond acceptors (Lipinski definition) is 4. The zero-order valence-electron chi connectivity index (χ0n) is 12.2. The van der Waals surface area contributed by atoms with Crippen molar-refractivity contribution in [3.05, 3.63) is 70.3 Å². The third-order valence-electron chi connectivity index (χ3n) is 2.94. The number of rotatable bonds is 6. The van der Waals surface area contributed by atoms with Gasteiger partial charge in [-0.05, 0) is 24.1 Å². The van der Waals surface area contributed by atoms with Gasteiger partial charge in [0.15, 0.2) is 0 Å². The molecule has 3 N–H and O–H groups in total. The van der Waals surface area contributed by atoms with Crippen LogP contribution in [0, 0.1) is 10.1 Å². The number of nitro groups is 1. The van der Waals surface area contributed by atoms with Gasteiger partial charge in [0.05, 0.1) is 10.6 Å². The maximum atomic E-state index is 11.6. The fourth-order valence-corrected chi connectivity index (χ4v) is 1.80. The van der Waals surface area contributed by atoms with Crippen LogP contribution in [0.2, 0.25) is 0 Å². The van der Waals surface area contributed by atoms with Gasteiger partial charge in [0.2, 0.25) is 0 Å². The second-order valence-electron chi connectivity index (χ2n) is 4.55. The van der Waals surface area contributed by atoms with Crippen molar-refractivity contribution in [1.82, 2.24) is 10.7 Å². The first kappa shape index (κ1) is 18.2. The highest BCUT2D eigenvalue weighted by molar-refractivity contribution is 5.85. The number of amides is 2. The summed E-state index contributed by atoms with van der Waals surface area (Å²) in [5.74, 6) is 0. The number of anilines is 1. The van der Waals surface area contributed by atoms with E-state index in [1.165, 1.54) is 12.1 Å². The molecule has 2 aromatic rings. The Morgan fingerprint density at radius 2 is 1.70 bits per heavy atom. The number of hydrogen-bond donors (Lipinski definition) is 3. The van der Waals surface area contributed by atoms with E-state index in [0.29, 0.717) is 13.0 Å². The van der Waals surface area contributed by atoms with Crippen molar-refractivity contribution < 1.29 is 9.72 Å². The van der Waals surface area contributed by atoms with Crippen LogP contribution in [0.5, 0.6) is 0 Å². The second-order valence-corrected chi connectivity index (χ2v) is 4.55. The van der Waals surface area contributed by atoms with Crippen molar-refractivity contribution in [3.63, 3.8) is 0 Å². The molecule has 2 aromatic carbocycles. The van der Waals surface area contributed by atoms with E-state index in [0.717, 1.165) is 11.3 Å². The van der Waals surface area contributed by atoms with Crippen LogP contribution in [0.25, 0.3) is 0 Å². The van der Waals surface area contributed by atoms with Crippen molar-refractivity contribution in [3.8, 4) is 0 Å². The van der Waals surface area contributed by atoms with Crippen molar-refractivity contribution >= 4 is 29.8 Å². The number of non-ortho nitro benzene ring substituents is 1. The van der Waals surface area contributed by atoms with Gasteiger partial charge in [-0.2, -0.15) is 0 Å². The largest absolute Gasteiger partial charge is 0.336 e. The van der Waals surface area contributed by atoms with Crippen molar-refractivity contribution in [2.75, 3.05) is 12.0 Å². The summed E-state index contributed by atoms with van der Waals surface area (Å²) >= 11 is 0. The molecule has 7 nitrogen and oxygen atoms in total. The Morgan fingerprint density at radius 3 is 2.30 bits per heavy atom. The van der Waals surface area contributed by atoms with Crippen molar-refractivity contribution in [2.24, 2.45) is 0 Å². The summed E-state index contributed by atoms with van der Waals surface area (Å²) in [6, 6.07) is 15.2.